The molecule has 0 spiro atoms. The molecule has 3 rings (SSSR count). The number of rotatable bonds is 6. The molecule has 0 aliphatic carbocycles. The highest BCUT2D eigenvalue weighted by atomic mass is 32.2. The first-order valence-electron chi connectivity index (χ1n) is 7.35. The zero-order chi connectivity index (χ0) is 15.4. The maximum absolute atomic E-state index is 12.0. The summed E-state index contributed by atoms with van der Waals surface area (Å²) in [7, 11) is 0. The number of hydrogen-bond donors (Lipinski definition) is 2. The van der Waals surface area contributed by atoms with Gasteiger partial charge < -0.3 is 10.6 Å². The van der Waals surface area contributed by atoms with Gasteiger partial charge >= 0.3 is 0 Å². The molecule has 2 N–H and O–H groups in total. The third-order valence-corrected chi connectivity index (χ3v) is 5.28. The second kappa shape index (κ2) is 7.26. The standard InChI is InChI=1S/C14H19N5OS2/c1-2-21-14-17-11(9-22-14)6-13(20)16-7-10-5-12-8-15-3-4-19(12)18-10/h5,9,15H,2-4,6-8H2,1H3,(H,16,20). The average Bonchev–Trinajstić information content (AvgIpc) is 3.12. The van der Waals surface area contributed by atoms with E-state index in [4.69, 9.17) is 0 Å². The lowest BCUT2D eigenvalue weighted by Gasteiger charge is -2.13. The molecule has 2 aromatic rings. The van der Waals surface area contributed by atoms with Crippen LogP contribution in [0, 0.1) is 0 Å². The van der Waals surface area contributed by atoms with Crippen LogP contribution in [0.25, 0.3) is 0 Å². The molecule has 0 saturated heterocycles. The van der Waals surface area contributed by atoms with Crippen LogP contribution in [0.3, 0.4) is 0 Å². The van der Waals surface area contributed by atoms with E-state index in [1.54, 1.807) is 23.1 Å². The SMILES string of the molecule is CCSc1nc(CC(=O)NCc2cc3n(n2)CCNC3)cs1. The highest BCUT2D eigenvalue weighted by Gasteiger charge is 2.13. The van der Waals surface area contributed by atoms with Crippen molar-refractivity contribution in [2.75, 3.05) is 12.3 Å². The lowest BCUT2D eigenvalue weighted by atomic mass is 10.3. The Morgan fingerprint density at radius 3 is 3.27 bits per heavy atom. The van der Waals surface area contributed by atoms with Crippen molar-refractivity contribution < 1.29 is 4.79 Å². The lowest BCUT2D eigenvalue weighted by molar-refractivity contribution is -0.120. The van der Waals surface area contributed by atoms with Crippen molar-refractivity contribution in [2.24, 2.45) is 0 Å². The number of nitrogens with one attached hydrogen (secondary N) is 2. The Hall–Kier alpha value is -1.38. The van der Waals surface area contributed by atoms with Crippen molar-refractivity contribution in [3.8, 4) is 0 Å². The predicted molar refractivity (Wildman–Crippen MR) is 88.0 cm³/mol. The van der Waals surface area contributed by atoms with E-state index >= 15 is 0 Å². The summed E-state index contributed by atoms with van der Waals surface area (Å²) < 4.78 is 3.03. The number of carbonyl (C=O) groups is 1. The van der Waals surface area contributed by atoms with Crippen molar-refractivity contribution >= 4 is 29.0 Å². The quantitative estimate of drug-likeness (QED) is 0.780. The predicted octanol–water partition coefficient (Wildman–Crippen LogP) is 1.41. The van der Waals surface area contributed by atoms with E-state index in [1.807, 2.05) is 16.1 Å². The summed E-state index contributed by atoms with van der Waals surface area (Å²) in [5.41, 5.74) is 2.93. The van der Waals surface area contributed by atoms with Gasteiger partial charge in [-0.3, -0.25) is 9.48 Å². The number of hydrogen-bond acceptors (Lipinski definition) is 6. The Morgan fingerprint density at radius 2 is 2.45 bits per heavy atom. The number of carbonyl (C=O) groups excluding carboxylic acids is 1. The fourth-order valence-corrected chi connectivity index (χ4v) is 4.06. The van der Waals surface area contributed by atoms with Gasteiger partial charge in [-0.15, -0.1) is 11.3 Å². The minimum absolute atomic E-state index is 0.0116. The molecule has 0 unspecified atom stereocenters. The van der Waals surface area contributed by atoms with Crippen molar-refractivity contribution in [1.29, 1.82) is 0 Å². The summed E-state index contributed by atoms with van der Waals surface area (Å²) in [6.07, 6.45) is 0.329. The van der Waals surface area contributed by atoms with Gasteiger partial charge in [0.05, 0.1) is 36.6 Å². The van der Waals surface area contributed by atoms with Gasteiger partial charge in [-0.05, 0) is 11.8 Å². The van der Waals surface area contributed by atoms with Crippen LogP contribution in [0.15, 0.2) is 15.8 Å². The second-order valence-electron chi connectivity index (χ2n) is 5.02. The van der Waals surface area contributed by atoms with E-state index in [1.165, 1.54) is 5.69 Å². The molecule has 2 aromatic heterocycles. The van der Waals surface area contributed by atoms with Gasteiger partial charge in [0, 0.05) is 18.5 Å². The maximum Gasteiger partial charge on any atom is 0.226 e. The van der Waals surface area contributed by atoms with Crippen LogP contribution in [0.5, 0.6) is 0 Å². The molecule has 0 atom stereocenters. The topological polar surface area (TPSA) is 71.8 Å². The number of amides is 1. The zero-order valence-corrected chi connectivity index (χ0v) is 14.1. The molecule has 8 heteroatoms. The van der Waals surface area contributed by atoms with Gasteiger partial charge in [0.15, 0.2) is 0 Å². The lowest BCUT2D eigenvalue weighted by Crippen LogP contribution is -2.28. The Kier molecular flexibility index (Phi) is 5.12. The van der Waals surface area contributed by atoms with Crippen molar-refractivity contribution in [2.45, 2.75) is 37.3 Å². The summed E-state index contributed by atoms with van der Waals surface area (Å²) in [5, 5.41) is 12.7. The minimum Gasteiger partial charge on any atom is -0.350 e. The minimum atomic E-state index is -0.0116. The van der Waals surface area contributed by atoms with Crippen LogP contribution < -0.4 is 10.6 Å². The largest absolute Gasteiger partial charge is 0.350 e. The molecule has 0 radical (unpaired) electrons. The first-order chi connectivity index (χ1) is 10.7. The van der Waals surface area contributed by atoms with E-state index in [2.05, 4.69) is 27.6 Å². The monoisotopic (exact) mass is 337 g/mol. The number of fused-ring (bicyclic) bond motifs is 1. The first-order valence-corrected chi connectivity index (χ1v) is 9.21. The fraction of sp³-hybridized carbons (Fsp3) is 0.500. The molecule has 1 amide bonds. The molecule has 0 bridgehead atoms. The summed E-state index contributed by atoms with van der Waals surface area (Å²) in [6, 6.07) is 2.05. The first kappa shape index (κ1) is 15.5. The van der Waals surface area contributed by atoms with Gasteiger partial charge in [-0.2, -0.15) is 5.10 Å². The van der Waals surface area contributed by atoms with Crippen LogP contribution in [0.1, 0.15) is 24.0 Å². The zero-order valence-electron chi connectivity index (χ0n) is 12.5. The van der Waals surface area contributed by atoms with Gasteiger partial charge in [0.25, 0.3) is 0 Å². The van der Waals surface area contributed by atoms with Crippen LogP contribution >= 0.6 is 23.1 Å². The van der Waals surface area contributed by atoms with E-state index < -0.39 is 0 Å². The summed E-state index contributed by atoms with van der Waals surface area (Å²) in [6.45, 7) is 5.25. The molecule has 0 saturated carbocycles. The van der Waals surface area contributed by atoms with Gasteiger partial charge in [0.2, 0.25) is 5.91 Å². The van der Waals surface area contributed by atoms with Crippen LogP contribution in [-0.2, 0) is 30.8 Å². The molecule has 6 nitrogen and oxygen atoms in total. The fourth-order valence-electron chi connectivity index (χ4n) is 2.31. The molecule has 0 aromatic carbocycles. The third-order valence-electron chi connectivity index (χ3n) is 3.33. The average molecular weight is 337 g/mol. The van der Waals surface area contributed by atoms with Crippen LogP contribution in [0.2, 0.25) is 0 Å². The molecule has 22 heavy (non-hydrogen) atoms. The molecule has 3 heterocycles. The smallest absolute Gasteiger partial charge is 0.226 e. The van der Waals surface area contributed by atoms with Crippen molar-refractivity contribution in [3.63, 3.8) is 0 Å². The number of aromatic nitrogens is 3. The molecule has 0 fully saturated rings. The highest BCUT2D eigenvalue weighted by Crippen LogP contribution is 2.22. The molecule has 118 valence electrons. The van der Waals surface area contributed by atoms with E-state index in [0.717, 1.165) is 41.1 Å². The van der Waals surface area contributed by atoms with Gasteiger partial charge in [-0.1, -0.05) is 18.7 Å². The van der Waals surface area contributed by atoms with Crippen molar-refractivity contribution in [1.82, 2.24) is 25.4 Å². The molecular weight excluding hydrogens is 318 g/mol. The Balaban J connectivity index is 1.50. The Morgan fingerprint density at radius 1 is 1.55 bits per heavy atom. The third kappa shape index (κ3) is 3.88. The summed E-state index contributed by atoms with van der Waals surface area (Å²) >= 11 is 3.30. The Labute approximate surface area is 137 Å². The van der Waals surface area contributed by atoms with Crippen molar-refractivity contribution in [3.05, 3.63) is 28.5 Å². The van der Waals surface area contributed by atoms with E-state index in [-0.39, 0.29) is 5.91 Å². The summed E-state index contributed by atoms with van der Waals surface area (Å²) in [5.74, 6) is 0.987. The maximum atomic E-state index is 12.0. The van der Waals surface area contributed by atoms with Gasteiger partial charge in [-0.25, -0.2) is 4.98 Å². The molecule has 1 aliphatic rings. The summed E-state index contributed by atoms with van der Waals surface area (Å²) in [4.78, 5) is 16.4. The molecule has 1 aliphatic heterocycles. The molecular formula is C14H19N5OS2. The van der Waals surface area contributed by atoms with Crippen LogP contribution in [-0.4, -0.2) is 33.0 Å². The van der Waals surface area contributed by atoms with E-state index in [9.17, 15) is 4.79 Å². The second-order valence-corrected chi connectivity index (χ2v) is 7.39. The number of thiazole rings is 1. The van der Waals surface area contributed by atoms with Crippen LogP contribution in [0.4, 0.5) is 0 Å². The highest BCUT2D eigenvalue weighted by molar-refractivity contribution is 8.00. The van der Waals surface area contributed by atoms with Gasteiger partial charge in [0.1, 0.15) is 4.34 Å². The number of nitrogens with zero attached hydrogens (tertiary/aromatic N) is 3. The normalized spacial score (nSPS) is 13.9. The van der Waals surface area contributed by atoms with E-state index in [0.29, 0.717) is 13.0 Å². The Bertz CT molecular complexity index is 628. The number of thioether (sulfide) groups is 1.